The standard InChI is InChI=1S/C19H13IN2O2/c1-12-18-16(13-5-3-2-4-6-13)11-17(23)24-19(18)22(21-12)15-9-7-14(20)8-10-15/h2-11H,1H3. The molecule has 4 nitrogen and oxygen atoms in total. The summed E-state index contributed by atoms with van der Waals surface area (Å²) in [7, 11) is 0. The van der Waals surface area contributed by atoms with E-state index in [1.54, 1.807) is 4.68 Å². The van der Waals surface area contributed by atoms with Crippen molar-refractivity contribution in [1.82, 2.24) is 9.78 Å². The van der Waals surface area contributed by atoms with Gasteiger partial charge in [0.25, 0.3) is 0 Å². The van der Waals surface area contributed by atoms with Crippen molar-refractivity contribution in [3.63, 3.8) is 0 Å². The molecule has 0 fully saturated rings. The van der Waals surface area contributed by atoms with Crippen LogP contribution in [0.15, 0.2) is 69.9 Å². The van der Waals surface area contributed by atoms with Crippen molar-refractivity contribution in [1.29, 1.82) is 0 Å². The maximum atomic E-state index is 12.1. The van der Waals surface area contributed by atoms with E-state index in [9.17, 15) is 4.79 Å². The van der Waals surface area contributed by atoms with Gasteiger partial charge in [-0.3, -0.25) is 0 Å². The number of benzene rings is 2. The maximum absolute atomic E-state index is 12.1. The molecule has 0 atom stereocenters. The highest BCUT2D eigenvalue weighted by Crippen LogP contribution is 2.30. The third-order valence-electron chi connectivity index (χ3n) is 3.90. The van der Waals surface area contributed by atoms with Crippen molar-refractivity contribution in [3.05, 3.63) is 80.3 Å². The van der Waals surface area contributed by atoms with Crippen LogP contribution in [0.4, 0.5) is 0 Å². The summed E-state index contributed by atoms with van der Waals surface area (Å²) in [5.74, 6) is 0. The topological polar surface area (TPSA) is 48.0 Å². The average Bonchev–Trinajstić information content (AvgIpc) is 2.92. The highest BCUT2D eigenvalue weighted by Gasteiger charge is 2.17. The molecule has 2 aromatic heterocycles. The highest BCUT2D eigenvalue weighted by atomic mass is 127. The molecule has 2 aromatic carbocycles. The monoisotopic (exact) mass is 428 g/mol. The molecule has 4 rings (SSSR count). The zero-order valence-electron chi connectivity index (χ0n) is 12.9. The quantitative estimate of drug-likeness (QED) is 0.440. The largest absolute Gasteiger partial charge is 0.403 e. The van der Waals surface area contributed by atoms with Crippen molar-refractivity contribution in [2.75, 3.05) is 0 Å². The van der Waals surface area contributed by atoms with Gasteiger partial charge in [0, 0.05) is 15.2 Å². The second kappa shape index (κ2) is 5.90. The first kappa shape index (κ1) is 15.1. The van der Waals surface area contributed by atoms with Crippen LogP contribution < -0.4 is 5.63 Å². The lowest BCUT2D eigenvalue weighted by Crippen LogP contribution is -2.02. The summed E-state index contributed by atoms with van der Waals surface area (Å²) in [6.07, 6.45) is 0. The van der Waals surface area contributed by atoms with Gasteiger partial charge in [-0.2, -0.15) is 9.78 Å². The highest BCUT2D eigenvalue weighted by molar-refractivity contribution is 14.1. The number of hydrogen-bond donors (Lipinski definition) is 0. The predicted octanol–water partition coefficient (Wildman–Crippen LogP) is 4.56. The van der Waals surface area contributed by atoms with Crippen LogP contribution in [0.5, 0.6) is 0 Å². The number of fused-ring (bicyclic) bond motifs is 1. The minimum Gasteiger partial charge on any atom is -0.403 e. The molecule has 0 aliphatic rings. The minimum atomic E-state index is -0.381. The van der Waals surface area contributed by atoms with Crippen molar-refractivity contribution < 1.29 is 4.42 Å². The van der Waals surface area contributed by atoms with Crippen LogP contribution in [0.3, 0.4) is 0 Å². The van der Waals surface area contributed by atoms with Gasteiger partial charge in [-0.1, -0.05) is 30.3 Å². The first-order chi connectivity index (χ1) is 11.6. The molecule has 2 heterocycles. The molecular weight excluding hydrogens is 415 g/mol. The molecule has 0 unspecified atom stereocenters. The molecule has 4 aromatic rings. The summed E-state index contributed by atoms with van der Waals surface area (Å²) in [4.78, 5) is 12.1. The van der Waals surface area contributed by atoms with Gasteiger partial charge in [-0.25, -0.2) is 4.79 Å². The van der Waals surface area contributed by atoms with Crippen LogP contribution in [-0.2, 0) is 0 Å². The van der Waals surface area contributed by atoms with Crippen LogP contribution >= 0.6 is 22.6 Å². The molecule has 0 radical (unpaired) electrons. The Balaban J connectivity index is 2.05. The first-order valence-corrected chi connectivity index (χ1v) is 8.56. The number of rotatable bonds is 2. The number of aromatic nitrogens is 2. The van der Waals surface area contributed by atoms with E-state index in [-0.39, 0.29) is 5.63 Å². The Bertz CT molecular complexity index is 1080. The normalized spacial score (nSPS) is 11.1. The zero-order chi connectivity index (χ0) is 16.7. The zero-order valence-corrected chi connectivity index (χ0v) is 15.0. The Labute approximate surface area is 151 Å². The molecule has 0 amide bonds. The smallest absolute Gasteiger partial charge is 0.338 e. The van der Waals surface area contributed by atoms with Gasteiger partial charge in [-0.15, -0.1) is 0 Å². The fourth-order valence-corrected chi connectivity index (χ4v) is 3.19. The van der Waals surface area contributed by atoms with Crippen molar-refractivity contribution in [2.45, 2.75) is 6.92 Å². The Morgan fingerprint density at radius 3 is 2.46 bits per heavy atom. The Kier molecular flexibility index (Phi) is 3.72. The summed E-state index contributed by atoms with van der Waals surface area (Å²) in [5.41, 5.74) is 3.60. The fraction of sp³-hybridized carbons (Fsp3) is 0.0526. The molecular formula is C19H13IN2O2. The number of nitrogens with zero attached hydrogens (tertiary/aromatic N) is 2. The van der Waals surface area contributed by atoms with Crippen molar-refractivity contribution in [2.24, 2.45) is 0 Å². The van der Waals surface area contributed by atoms with E-state index < -0.39 is 0 Å². The third-order valence-corrected chi connectivity index (χ3v) is 4.62. The van der Waals surface area contributed by atoms with Crippen LogP contribution in [0.1, 0.15) is 5.69 Å². The van der Waals surface area contributed by atoms with E-state index in [4.69, 9.17) is 4.42 Å². The molecule has 0 aliphatic carbocycles. The molecule has 0 aliphatic heterocycles. The van der Waals surface area contributed by atoms with Gasteiger partial charge in [0.05, 0.1) is 16.8 Å². The number of hydrogen-bond acceptors (Lipinski definition) is 3. The van der Waals surface area contributed by atoms with Crippen LogP contribution in [0.25, 0.3) is 27.9 Å². The van der Waals surface area contributed by atoms with Crippen LogP contribution in [0.2, 0.25) is 0 Å². The minimum absolute atomic E-state index is 0.381. The lowest BCUT2D eigenvalue weighted by molar-refractivity contribution is 0.536. The van der Waals surface area contributed by atoms with Gasteiger partial charge in [-0.05, 0) is 59.3 Å². The molecule has 118 valence electrons. The Hall–Kier alpha value is -2.41. The maximum Gasteiger partial charge on any atom is 0.338 e. The summed E-state index contributed by atoms with van der Waals surface area (Å²) in [5, 5.41) is 5.46. The lowest BCUT2D eigenvalue weighted by Gasteiger charge is -2.05. The van der Waals surface area contributed by atoms with E-state index in [0.717, 1.165) is 31.5 Å². The molecule has 5 heteroatoms. The summed E-state index contributed by atoms with van der Waals surface area (Å²) in [6, 6.07) is 19.3. The van der Waals surface area contributed by atoms with E-state index in [0.29, 0.717) is 5.71 Å². The molecule has 0 bridgehead atoms. The van der Waals surface area contributed by atoms with Crippen LogP contribution in [0, 0.1) is 10.5 Å². The van der Waals surface area contributed by atoms with E-state index in [1.165, 1.54) is 6.07 Å². The van der Waals surface area contributed by atoms with Crippen LogP contribution in [-0.4, -0.2) is 9.78 Å². The van der Waals surface area contributed by atoms with E-state index in [1.807, 2.05) is 61.5 Å². The van der Waals surface area contributed by atoms with Gasteiger partial charge >= 0.3 is 5.63 Å². The van der Waals surface area contributed by atoms with Gasteiger partial charge < -0.3 is 4.42 Å². The lowest BCUT2D eigenvalue weighted by atomic mass is 10.0. The first-order valence-electron chi connectivity index (χ1n) is 7.48. The van der Waals surface area contributed by atoms with Gasteiger partial charge in [0.15, 0.2) is 0 Å². The SMILES string of the molecule is Cc1nn(-c2ccc(I)cc2)c2oc(=O)cc(-c3ccccc3)c12. The fourth-order valence-electron chi connectivity index (χ4n) is 2.83. The number of halogens is 1. The summed E-state index contributed by atoms with van der Waals surface area (Å²) >= 11 is 2.25. The van der Waals surface area contributed by atoms with Gasteiger partial charge in [0.1, 0.15) is 0 Å². The molecule has 0 spiro atoms. The predicted molar refractivity (Wildman–Crippen MR) is 102 cm³/mol. The molecule has 24 heavy (non-hydrogen) atoms. The Morgan fingerprint density at radius 2 is 1.75 bits per heavy atom. The number of aryl methyl sites for hydroxylation is 1. The Morgan fingerprint density at radius 1 is 1.04 bits per heavy atom. The summed E-state index contributed by atoms with van der Waals surface area (Å²) < 4.78 is 8.33. The van der Waals surface area contributed by atoms with Crippen molar-refractivity contribution in [3.8, 4) is 16.8 Å². The van der Waals surface area contributed by atoms with E-state index in [2.05, 4.69) is 27.7 Å². The summed E-state index contributed by atoms with van der Waals surface area (Å²) in [6.45, 7) is 1.93. The second-order valence-corrected chi connectivity index (χ2v) is 6.74. The molecule has 0 N–H and O–H groups in total. The van der Waals surface area contributed by atoms with Crippen molar-refractivity contribution >= 4 is 33.7 Å². The van der Waals surface area contributed by atoms with E-state index >= 15 is 0 Å². The molecule has 0 saturated carbocycles. The third kappa shape index (κ3) is 2.54. The van der Waals surface area contributed by atoms with Gasteiger partial charge in [0.2, 0.25) is 5.71 Å². The molecule has 0 saturated heterocycles. The average molecular weight is 428 g/mol. The second-order valence-electron chi connectivity index (χ2n) is 5.50.